The number of hydrogen-bond acceptors (Lipinski definition) is 6. The summed E-state index contributed by atoms with van der Waals surface area (Å²) in [5, 5.41) is 8.99. The number of hydrogen-bond donors (Lipinski definition) is 0. The van der Waals surface area contributed by atoms with Gasteiger partial charge in [-0.2, -0.15) is 0 Å². The predicted octanol–water partition coefficient (Wildman–Crippen LogP) is 2.89. The van der Waals surface area contributed by atoms with E-state index in [1.165, 1.54) is 25.7 Å². The number of anilines is 3. The van der Waals surface area contributed by atoms with Gasteiger partial charge in [0.15, 0.2) is 11.6 Å². The first kappa shape index (κ1) is 20.4. The largest absolute Gasteiger partial charge is 0.378 e. The number of rotatable bonds is 4. The highest BCUT2D eigenvalue weighted by atomic mass is 16.2. The average Bonchev–Trinajstić information content (AvgIpc) is 3.08. The number of aromatic nitrogens is 2. The fourth-order valence-electron chi connectivity index (χ4n) is 4.19. The molecule has 0 radical (unpaired) electrons. The number of benzene rings is 1. The Hall–Kier alpha value is -2.83. The molecule has 0 unspecified atom stereocenters. The van der Waals surface area contributed by atoms with E-state index < -0.39 is 0 Å². The van der Waals surface area contributed by atoms with Crippen molar-refractivity contribution in [2.75, 3.05) is 68.1 Å². The number of amides is 1. The minimum absolute atomic E-state index is 0.0981. The Labute approximate surface area is 179 Å². The molecule has 160 valence electrons. The van der Waals surface area contributed by atoms with Gasteiger partial charge < -0.3 is 19.6 Å². The molecule has 2 fully saturated rings. The van der Waals surface area contributed by atoms with Gasteiger partial charge >= 0.3 is 0 Å². The molecule has 7 heteroatoms. The summed E-state index contributed by atoms with van der Waals surface area (Å²) >= 11 is 0. The van der Waals surface area contributed by atoms with E-state index in [1.54, 1.807) is 0 Å². The highest BCUT2D eigenvalue weighted by Crippen LogP contribution is 2.21. The summed E-state index contributed by atoms with van der Waals surface area (Å²) in [6.07, 6.45) is 5.09. The number of carbonyl (C=O) groups is 1. The molecule has 0 aliphatic carbocycles. The molecular formula is C23H32N6O. The number of nitrogens with zero attached hydrogens (tertiary/aromatic N) is 6. The zero-order valence-electron chi connectivity index (χ0n) is 18.1. The lowest BCUT2D eigenvalue weighted by Crippen LogP contribution is -2.49. The van der Waals surface area contributed by atoms with Crippen LogP contribution in [0.2, 0.25) is 0 Å². The van der Waals surface area contributed by atoms with Crippen LogP contribution in [0.4, 0.5) is 17.3 Å². The van der Waals surface area contributed by atoms with Crippen LogP contribution in [-0.4, -0.2) is 74.4 Å². The van der Waals surface area contributed by atoms with Crippen LogP contribution in [0, 0.1) is 0 Å². The van der Waals surface area contributed by atoms with Crippen molar-refractivity contribution < 1.29 is 4.79 Å². The van der Waals surface area contributed by atoms with E-state index in [-0.39, 0.29) is 5.91 Å². The fourth-order valence-corrected chi connectivity index (χ4v) is 4.19. The summed E-state index contributed by atoms with van der Waals surface area (Å²) in [7, 11) is 3.98. The third kappa shape index (κ3) is 4.66. The molecule has 30 heavy (non-hydrogen) atoms. The van der Waals surface area contributed by atoms with Crippen molar-refractivity contribution in [3.63, 3.8) is 0 Å². The lowest BCUT2D eigenvalue weighted by Gasteiger charge is -2.35. The van der Waals surface area contributed by atoms with Gasteiger partial charge in [0.25, 0.3) is 5.91 Å². The molecule has 1 amide bonds. The Bertz CT molecular complexity index is 837. The first-order valence-corrected chi connectivity index (χ1v) is 11.0. The Balaban J connectivity index is 1.35. The van der Waals surface area contributed by atoms with Crippen LogP contribution < -0.4 is 14.7 Å². The average molecular weight is 409 g/mol. The highest BCUT2D eigenvalue weighted by Gasteiger charge is 2.23. The van der Waals surface area contributed by atoms with Crippen molar-refractivity contribution in [3.8, 4) is 0 Å². The van der Waals surface area contributed by atoms with Gasteiger partial charge in [0.1, 0.15) is 0 Å². The van der Waals surface area contributed by atoms with Crippen molar-refractivity contribution in [2.24, 2.45) is 0 Å². The number of piperazine rings is 1. The summed E-state index contributed by atoms with van der Waals surface area (Å²) in [6, 6.07) is 12.0. The van der Waals surface area contributed by atoms with E-state index in [2.05, 4.69) is 32.1 Å². The monoisotopic (exact) mass is 408 g/mol. The molecule has 0 N–H and O–H groups in total. The number of carbonyl (C=O) groups excluding carboxylic acids is 1. The zero-order valence-corrected chi connectivity index (χ0v) is 18.1. The molecular weight excluding hydrogens is 376 g/mol. The predicted molar refractivity (Wildman–Crippen MR) is 122 cm³/mol. The molecule has 7 nitrogen and oxygen atoms in total. The van der Waals surface area contributed by atoms with Crippen molar-refractivity contribution in [2.45, 2.75) is 25.7 Å². The Morgan fingerprint density at radius 2 is 1.40 bits per heavy atom. The molecule has 2 aliphatic heterocycles. The maximum Gasteiger partial charge on any atom is 0.254 e. The van der Waals surface area contributed by atoms with Gasteiger partial charge in [0.05, 0.1) is 0 Å². The van der Waals surface area contributed by atoms with Gasteiger partial charge in [-0.25, -0.2) is 0 Å². The smallest absolute Gasteiger partial charge is 0.254 e. The minimum Gasteiger partial charge on any atom is -0.378 e. The third-order valence-corrected chi connectivity index (χ3v) is 6.07. The van der Waals surface area contributed by atoms with Gasteiger partial charge in [-0.15, -0.1) is 10.2 Å². The van der Waals surface area contributed by atoms with E-state index in [0.29, 0.717) is 13.1 Å². The van der Waals surface area contributed by atoms with Crippen molar-refractivity contribution >= 4 is 23.2 Å². The summed E-state index contributed by atoms with van der Waals surface area (Å²) in [4.78, 5) is 21.4. The van der Waals surface area contributed by atoms with Crippen LogP contribution >= 0.6 is 0 Å². The maximum absolute atomic E-state index is 12.9. The third-order valence-electron chi connectivity index (χ3n) is 6.07. The summed E-state index contributed by atoms with van der Waals surface area (Å²) in [5.74, 6) is 1.98. The second-order valence-corrected chi connectivity index (χ2v) is 8.37. The zero-order chi connectivity index (χ0) is 20.9. The Kier molecular flexibility index (Phi) is 6.35. The SMILES string of the molecule is CN(C)c1cccc(C(=O)N2CCN(c3ccc(N4CCCCCC4)nn3)CC2)c1. The molecule has 0 spiro atoms. The summed E-state index contributed by atoms with van der Waals surface area (Å²) in [5.41, 5.74) is 1.79. The molecule has 4 rings (SSSR count). The lowest BCUT2D eigenvalue weighted by atomic mass is 10.1. The van der Waals surface area contributed by atoms with Crippen LogP contribution in [0.5, 0.6) is 0 Å². The van der Waals surface area contributed by atoms with E-state index >= 15 is 0 Å². The standard InChI is InChI=1S/C23H32N6O/c1-26(2)20-9-7-8-19(18-20)23(30)29-16-14-28(15-17-29)22-11-10-21(24-25-22)27-12-5-3-4-6-13-27/h7-11,18H,3-6,12-17H2,1-2H3. The summed E-state index contributed by atoms with van der Waals surface area (Å²) < 4.78 is 0. The van der Waals surface area contributed by atoms with E-state index in [0.717, 1.165) is 49.1 Å². The van der Waals surface area contributed by atoms with E-state index in [1.807, 2.05) is 48.2 Å². The molecule has 2 aliphatic rings. The quantitative estimate of drug-likeness (QED) is 0.775. The van der Waals surface area contributed by atoms with Gasteiger partial charge in [-0.3, -0.25) is 4.79 Å². The Morgan fingerprint density at radius 1 is 0.800 bits per heavy atom. The maximum atomic E-state index is 12.9. The van der Waals surface area contributed by atoms with Crippen LogP contribution in [0.1, 0.15) is 36.0 Å². The van der Waals surface area contributed by atoms with E-state index in [4.69, 9.17) is 0 Å². The van der Waals surface area contributed by atoms with E-state index in [9.17, 15) is 4.79 Å². The second-order valence-electron chi connectivity index (χ2n) is 8.37. The van der Waals surface area contributed by atoms with Gasteiger partial charge in [0.2, 0.25) is 0 Å². The second kappa shape index (κ2) is 9.32. The fraction of sp³-hybridized carbons (Fsp3) is 0.522. The molecule has 0 atom stereocenters. The first-order valence-electron chi connectivity index (χ1n) is 11.0. The van der Waals surface area contributed by atoms with Crippen LogP contribution in [0.15, 0.2) is 36.4 Å². The van der Waals surface area contributed by atoms with Gasteiger partial charge in [-0.05, 0) is 43.2 Å². The van der Waals surface area contributed by atoms with Crippen LogP contribution in [0.3, 0.4) is 0 Å². The normalized spacial score (nSPS) is 17.6. The molecule has 1 aromatic heterocycles. The molecule has 0 bridgehead atoms. The molecule has 3 heterocycles. The molecule has 2 aromatic rings. The molecule has 0 saturated carbocycles. The topological polar surface area (TPSA) is 55.8 Å². The first-order chi connectivity index (χ1) is 14.6. The Morgan fingerprint density at radius 3 is 1.97 bits per heavy atom. The molecule has 1 aromatic carbocycles. The van der Waals surface area contributed by atoms with Gasteiger partial charge in [0, 0.05) is 64.6 Å². The minimum atomic E-state index is 0.0981. The lowest BCUT2D eigenvalue weighted by molar-refractivity contribution is 0.0746. The van der Waals surface area contributed by atoms with Crippen molar-refractivity contribution in [3.05, 3.63) is 42.0 Å². The highest BCUT2D eigenvalue weighted by molar-refractivity contribution is 5.95. The summed E-state index contributed by atoms with van der Waals surface area (Å²) in [6.45, 7) is 5.09. The van der Waals surface area contributed by atoms with Crippen LogP contribution in [-0.2, 0) is 0 Å². The van der Waals surface area contributed by atoms with Crippen molar-refractivity contribution in [1.29, 1.82) is 0 Å². The molecule has 2 saturated heterocycles. The van der Waals surface area contributed by atoms with Crippen LogP contribution in [0.25, 0.3) is 0 Å². The van der Waals surface area contributed by atoms with Crippen molar-refractivity contribution in [1.82, 2.24) is 15.1 Å². The van der Waals surface area contributed by atoms with Gasteiger partial charge in [-0.1, -0.05) is 18.9 Å².